The van der Waals surface area contributed by atoms with Gasteiger partial charge in [-0.2, -0.15) is 0 Å². The van der Waals surface area contributed by atoms with E-state index in [1.807, 2.05) is 6.07 Å². The molecule has 0 fully saturated rings. The molecule has 0 bridgehead atoms. The highest BCUT2D eigenvalue weighted by molar-refractivity contribution is 8.00. The van der Waals surface area contributed by atoms with Crippen LogP contribution in [0.4, 0.5) is 11.4 Å². The van der Waals surface area contributed by atoms with Crippen LogP contribution in [0.2, 0.25) is 0 Å². The van der Waals surface area contributed by atoms with Gasteiger partial charge >= 0.3 is 0 Å². The summed E-state index contributed by atoms with van der Waals surface area (Å²) in [5.74, 6) is -0.139. The number of anilines is 2. The number of hydrogen-bond donors (Lipinski definition) is 1. The van der Waals surface area contributed by atoms with Crippen LogP contribution in [-0.2, 0) is 10.8 Å². The van der Waals surface area contributed by atoms with E-state index in [-0.39, 0.29) is 28.6 Å². The first-order chi connectivity index (χ1) is 29.7. The van der Waals surface area contributed by atoms with Crippen molar-refractivity contribution in [1.82, 2.24) is 4.90 Å². The number of hydrogen-bond acceptors (Lipinski definition) is 5. The second-order valence-corrected chi connectivity index (χ2v) is 21.3. The zero-order valence-corrected chi connectivity index (χ0v) is 38.9. The lowest BCUT2D eigenvalue weighted by molar-refractivity contribution is 0.0579. The molecule has 1 heterocycles. The molecule has 4 nitrogen and oxygen atoms in total. The van der Waals surface area contributed by atoms with Gasteiger partial charge in [-0.15, -0.1) is 0 Å². The van der Waals surface area contributed by atoms with E-state index in [0.717, 1.165) is 99.7 Å². The summed E-state index contributed by atoms with van der Waals surface area (Å²) in [6.45, 7) is 18.2. The lowest BCUT2D eigenvalue weighted by Crippen LogP contribution is -2.43. The van der Waals surface area contributed by atoms with Crippen molar-refractivity contribution in [3.05, 3.63) is 144 Å². The zero-order valence-electron chi connectivity index (χ0n) is 37.2. The molecule has 0 radical (unpaired) electrons. The maximum atomic E-state index is 15.1. The molecule has 1 aliphatic rings. The first-order valence-corrected chi connectivity index (χ1v) is 23.9. The minimum absolute atomic E-state index is 0.0233. The average molecular weight is 853 g/mol. The largest absolute Gasteiger partial charge is 0.355 e. The van der Waals surface area contributed by atoms with Gasteiger partial charge in [0.1, 0.15) is 0 Å². The first kappa shape index (κ1) is 42.0. The van der Waals surface area contributed by atoms with Crippen LogP contribution in [0.15, 0.2) is 141 Å². The molecule has 0 saturated carbocycles. The Morgan fingerprint density at radius 1 is 0.565 bits per heavy atom. The Kier molecular flexibility index (Phi) is 11.1. The first-order valence-electron chi connectivity index (χ1n) is 22.2. The molecule has 1 unspecified atom stereocenters. The Labute approximate surface area is 375 Å². The lowest BCUT2D eigenvalue weighted by atomic mass is 9.84. The highest BCUT2D eigenvalue weighted by atomic mass is 32.2. The van der Waals surface area contributed by atoms with Gasteiger partial charge in [0.15, 0.2) is 0 Å². The number of nitrogens with one attached hydrogen (secondary N) is 1. The van der Waals surface area contributed by atoms with Crippen LogP contribution < -0.4 is 5.32 Å². The fourth-order valence-corrected chi connectivity index (χ4v) is 11.3. The van der Waals surface area contributed by atoms with E-state index in [9.17, 15) is 0 Å². The number of fused-ring (bicyclic) bond motifs is 2. The molecule has 0 saturated heterocycles. The number of benzene rings is 8. The quantitative estimate of drug-likeness (QED) is 0.0754. The van der Waals surface area contributed by atoms with Crippen LogP contribution in [0.5, 0.6) is 0 Å². The van der Waals surface area contributed by atoms with Crippen LogP contribution in [0, 0.1) is 5.92 Å². The van der Waals surface area contributed by atoms with Gasteiger partial charge in [0.05, 0.1) is 0 Å². The number of imide groups is 1. The van der Waals surface area contributed by atoms with Crippen molar-refractivity contribution in [2.24, 2.45) is 5.92 Å². The minimum Gasteiger partial charge on any atom is -0.355 e. The van der Waals surface area contributed by atoms with Crippen LogP contribution >= 0.6 is 23.5 Å². The summed E-state index contributed by atoms with van der Waals surface area (Å²) in [5.41, 5.74) is 5.87. The number of carbonyl (C=O) groups is 2. The van der Waals surface area contributed by atoms with E-state index >= 15 is 9.59 Å². The lowest BCUT2D eigenvalue weighted by Gasteiger charge is -2.32. The molecule has 1 N–H and O–H groups in total. The van der Waals surface area contributed by atoms with Gasteiger partial charge in [-0.3, -0.25) is 14.5 Å². The third-order valence-electron chi connectivity index (χ3n) is 12.8. The van der Waals surface area contributed by atoms with E-state index in [4.69, 9.17) is 0 Å². The second kappa shape index (κ2) is 16.4. The summed E-state index contributed by atoms with van der Waals surface area (Å²) in [6, 6.07) is 43.3. The fraction of sp³-hybridized carbons (Fsp3) is 0.286. The Balaban J connectivity index is 1.36. The van der Waals surface area contributed by atoms with Gasteiger partial charge < -0.3 is 5.32 Å². The topological polar surface area (TPSA) is 49.4 Å². The SMILES string of the molecule is CCCCC(CC)CN1C(=O)c2cc(Sc3ccc(C(C)(C)C)cc3)c3c4cccc5c(Nc6ccccc6)ccc(c6c(Sc7ccc(C(C)(C)C)cc7)cc(c2c36)C1=O)c54. The van der Waals surface area contributed by atoms with Gasteiger partial charge in [-0.25, -0.2) is 0 Å². The summed E-state index contributed by atoms with van der Waals surface area (Å²) < 4.78 is 0. The highest BCUT2D eigenvalue weighted by Gasteiger charge is 2.37. The Morgan fingerprint density at radius 3 is 1.61 bits per heavy atom. The smallest absolute Gasteiger partial charge is 0.261 e. The summed E-state index contributed by atoms with van der Waals surface area (Å²) in [5, 5.41) is 12.1. The molecule has 8 aromatic rings. The van der Waals surface area contributed by atoms with E-state index < -0.39 is 0 Å². The molecule has 0 aromatic heterocycles. The highest BCUT2D eigenvalue weighted by Crippen LogP contribution is 2.53. The summed E-state index contributed by atoms with van der Waals surface area (Å²) in [7, 11) is 0. The number of unbranched alkanes of at least 4 members (excludes halogenated alkanes) is 1. The molecule has 0 spiro atoms. The van der Waals surface area contributed by atoms with Gasteiger partial charge in [-0.05, 0) is 105 Å². The van der Waals surface area contributed by atoms with Crippen molar-refractivity contribution < 1.29 is 9.59 Å². The van der Waals surface area contributed by atoms with Crippen molar-refractivity contribution in [2.45, 2.75) is 111 Å². The van der Waals surface area contributed by atoms with Crippen molar-refractivity contribution in [1.29, 1.82) is 0 Å². The summed E-state index contributed by atoms with van der Waals surface area (Å²) >= 11 is 3.42. The molecular formula is C56H56N2O2S2. The van der Waals surface area contributed by atoms with Crippen LogP contribution in [0.3, 0.4) is 0 Å². The molecule has 6 heteroatoms. The fourth-order valence-electron chi connectivity index (χ4n) is 9.25. The third-order valence-corrected chi connectivity index (χ3v) is 14.9. The Bertz CT molecular complexity index is 2840. The molecule has 9 rings (SSSR count). The normalized spacial score (nSPS) is 13.9. The van der Waals surface area contributed by atoms with Crippen molar-refractivity contribution >= 4 is 89.8 Å². The Morgan fingerprint density at radius 2 is 1.10 bits per heavy atom. The molecular weight excluding hydrogens is 797 g/mol. The number of carbonyl (C=O) groups excluding carboxylic acids is 2. The van der Waals surface area contributed by atoms with E-state index in [0.29, 0.717) is 17.7 Å². The van der Waals surface area contributed by atoms with Crippen molar-refractivity contribution in [3.8, 4) is 0 Å². The summed E-state index contributed by atoms with van der Waals surface area (Å²) in [6.07, 6.45) is 4.06. The van der Waals surface area contributed by atoms with Gasteiger partial charge in [0, 0.05) is 75.6 Å². The maximum Gasteiger partial charge on any atom is 0.261 e. The predicted molar refractivity (Wildman–Crippen MR) is 265 cm³/mol. The van der Waals surface area contributed by atoms with E-state index in [1.54, 1.807) is 28.4 Å². The van der Waals surface area contributed by atoms with Gasteiger partial charge in [0.2, 0.25) is 0 Å². The summed E-state index contributed by atoms with van der Waals surface area (Å²) in [4.78, 5) is 35.9. The maximum absolute atomic E-state index is 15.1. The molecule has 62 heavy (non-hydrogen) atoms. The number of rotatable bonds is 12. The number of para-hydroxylation sites is 1. The Hall–Kier alpha value is -5.30. The minimum atomic E-state index is -0.190. The van der Waals surface area contributed by atoms with Crippen LogP contribution in [-0.4, -0.2) is 23.3 Å². The van der Waals surface area contributed by atoms with Crippen molar-refractivity contribution in [2.75, 3.05) is 11.9 Å². The predicted octanol–water partition coefficient (Wildman–Crippen LogP) is 16.2. The molecule has 8 aromatic carbocycles. The third kappa shape index (κ3) is 7.64. The second-order valence-electron chi connectivity index (χ2n) is 19.1. The number of amides is 2. The molecule has 2 amide bonds. The van der Waals surface area contributed by atoms with Crippen molar-refractivity contribution in [3.63, 3.8) is 0 Å². The molecule has 1 atom stereocenters. The van der Waals surface area contributed by atoms with Gasteiger partial charge in [-0.1, -0.05) is 165 Å². The molecule has 314 valence electrons. The van der Waals surface area contributed by atoms with Gasteiger partial charge in [0.25, 0.3) is 11.8 Å². The van der Waals surface area contributed by atoms with E-state index in [1.165, 1.54) is 11.1 Å². The monoisotopic (exact) mass is 852 g/mol. The molecule has 0 aliphatic carbocycles. The molecule has 1 aliphatic heterocycles. The standard InChI is InChI=1S/C56H56N2O2S2/c1-9-11-16-34(10-2)33-58-53(59)43-31-46(61-38-25-21-35(22-26-38)55(3,4)5)50-41-20-15-19-40-45(57-37-17-13-12-14-18-37)30-29-42(48(40)41)51-47(32-44(54(58)60)49(43)52(50)51)62-39-27-23-36(24-28-39)56(6,7)8/h12-15,17-32,34,57H,9-11,16,33H2,1-8H3. The van der Waals surface area contributed by atoms with E-state index in [2.05, 4.69) is 176 Å². The van der Waals surface area contributed by atoms with Crippen LogP contribution in [0.1, 0.15) is 113 Å². The average Bonchev–Trinajstić information content (AvgIpc) is 3.25. The van der Waals surface area contributed by atoms with Crippen LogP contribution in [0.25, 0.3) is 43.1 Å². The number of nitrogens with zero attached hydrogens (tertiary/aromatic N) is 1. The zero-order chi connectivity index (χ0) is 43.5.